The first-order valence-electron chi connectivity index (χ1n) is 6.56. The molecule has 0 spiro atoms. The summed E-state index contributed by atoms with van der Waals surface area (Å²) in [6, 6.07) is 5.83. The third-order valence-corrected chi connectivity index (χ3v) is 3.55. The van der Waals surface area contributed by atoms with Gasteiger partial charge in [0.05, 0.1) is 5.69 Å². The second kappa shape index (κ2) is 5.56. The van der Waals surface area contributed by atoms with E-state index in [1.54, 1.807) is 0 Å². The summed E-state index contributed by atoms with van der Waals surface area (Å²) in [4.78, 5) is 2.38. The van der Waals surface area contributed by atoms with Gasteiger partial charge in [-0.3, -0.25) is 0 Å². The number of fused-ring (bicyclic) bond motifs is 1. The van der Waals surface area contributed by atoms with E-state index in [0.717, 1.165) is 43.1 Å². The molecule has 1 unspecified atom stereocenters. The third kappa shape index (κ3) is 2.58. The summed E-state index contributed by atoms with van der Waals surface area (Å²) >= 11 is 0. The van der Waals surface area contributed by atoms with Gasteiger partial charge >= 0.3 is 0 Å². The number of hydrazine groups is 1. The molecule has 1 aromatic rings. The largest absolute Gasteiger partial charge is 0.399 e. The summed E-state index contributed by atoms with van der Waals surface area (Å²) in [6.07, 6.45) is -0.0869. The van der Waals surface area contributed by atoms with E-state index in [1.165, 1.54) is 0 Å². The van der Waals surface area contributed by atoms with Crippen molar-refractivity contribution < 1.29 is 0 Å². The molecule has 0 aliphatic carbocycles. The van der Waals surface area contributed by atoms with Gasteiger partial charge in [-0.05, 0) is 25.2 Å². The summed E-state index contributed by atoms with van der Waals surface area (Å²) in [5.74, 6) is 0. The maximum absolute atomic E-state index is 6.21. The number of anilines is 2. The zero-order chi connectivity index (χ0) is 13.1. The Bertz CT molecular complexity index is 402. The SMILES string of the molecule is CCN(CC)CCN1Nc2cc(N)ccc2C1N. The van der Waals surface area contributed by atoms with Crippen molar-refractivity contribution in [3.05, 3.63) is 23.8 Å². The van der Waals surface area contributed by atoms with E-state index in [4.69, 9.17) is 11.5 Å². The Morgan fingerprint density at radius 3 is 2.72 bits per heavy atom. The molecule has 5 nitrogen and oxygen atoms in total. The predicted octanol–water partition coefficient (Wildman–Crippen LogP) is 1.21. The smallest absolute Gasteiger partial charge is 0.103 e. The Hall–Kier alpha value is -1.30. The molecule has 1 heterocycles. The zero-order valence-electron chi connectivity index (χ0n) is 11.2. The molecule has 2 rings (SSSR count). The summed E-state index contributed by atoms with van der Waals surface area (Å²) in [5.41, 5.74) is 18.2. The highest BCUT2D eigenvalue weighted by Crippen LogP contribution is 2.32. The number of nitrogens with zero attached hydrogens (tertiary/aromatic N) is 2. The number of hydrogen-bond acceptors (Lipinski definition) is 5. The molecule has 100 valence electrons. The van der Waals surface area contributed by atoms with Crippen LogP contribution in [0.1, 0.15) is 25.6 Å². The van der Waals surface area contributed by atoms with Crippen molar-refractivity contribution in [2.75, 3.05) is 37.3 Å². The standard InChI is InChI=1S/C13H23N5/c1-3-17(4-2)7-8-18-13(15)11-6-5-10(14)9-12(11)16-18/h5-6,9,13,16H,3-4,7-8,14-15H2,1-2H3. The van der Waals surface area contributed by atoms with Crippen molar-refractivity contribution in [1.29, 1.82) is 0 Å². The normalized spacial score (nSPS) is 19.0. The van der Waals surface area contributed by atoms with Gasteiger partial charge in [-0.1, -0.05) is 19.9 Å². The molecule has 1 aliphatic rings. The fourth-order valence-corrected chi connectivity index (χ4v) is 2.30. The van der Waals surface area contributed by atoms with E-state index in [1.807, 2.05) is 18.2 Å². The lowest BCUT2D eigenvalue weighted by molar-refractivity contribution is 0.210. The first-order valence-corrected chi connectivity index (χ1v) is 6.56. The van der Waals surface area contributed by atoms with Crippen molar-refractivity contribution in [3.8, 4) is 0 Å². The molecule has 5 N–H and O–H groups in total. The van der Waals surface area contributed by atoms with E-state index < -0.39 is 0 Å². The number of rotatable bonds is 5. The lowest BCUT2D eigenvalue weighted by Gasteiger charge is -2.25. The highest BCUT2D eigenvalue weighted by Gasteiger charge is 2.26. The highest BCUT2D eigenvalue weighted by molar-refractivity contribution is 5.62. The van der Waals surface area contributed by atoms with Gasteiger partial charge in [-0.2, -0.15) is 0 Å². The first kappa shape index (κ1) is 13.1. The van der Waals surface area contributed by atoms with Crippen LogP contribution in [-0.2, 0) is 0 Å². The number of benzene rings is 1. The Kier molecular flexibility index (Phi) is 4.06. The van der Waals surface area contributed by atoms with Gasteiger partial charge in [0, 0.05) is 24.3 Å². The lowest BCUT2D eigenvalue weighted by atomic mass is 10.1. The van der Waals surface area contributed by atoms with Gasteiger partial charge in [0.25, 0.3) is 0 Å². The Morgan fingerprint density at radius 2 is 2.06 bits per heavy atom. The lowest BCUT2D eigenvalue weighted by Crippen LogP contribution is -2.39. The molecule has 1 atom stereocenters. The molecule has 0 fully saturated rings. The molecule has 18 heavy (non-hydrogen) atoms. The predicted molar refractivity (Wildman–Crippen MR) is 75.9 cm³/mol. The van der Waals surface area contributed by atoms with Crippen molar-refractivity contribution in [2.45, 2.75) is 20.0 Å². The van der Waals surface area contributed by atoms with Crippen LogP contribution in [0, 0.1) is 0 Å². The fraction of sp³-hybridized carbons (Fsp3) is 0.538. The molecule has 0 aromatic heterocycles. The van der Waals surface area contributed by atoms with E-state index in [-0.39, 0.29) is 6.17 Å². The Balaban J connectivity index is 1.98. The van der Waals surface area contributed by atoms with Crippen LogP contribution >= 0.6 is 0 Å². The van der Waals surface area contributed by atoms with Crippen LogP contribution in [0.4, 0.5) is 11.4 Å². The van der Waals surface area contributed by atoms with Crippen molar-refractivity contribution in [2.24, 2.45) is 5.73 Å². The van der Waals surface area contributed by atoms with Crippen molar-refractivity contribution in [1.82, 2.24) is 9.91 Å². The minimum absolute atomic E-state index is 0.0869. The van der Waals surface area contributed by atoms with Crippen LogP contribution in [0.15, 0.2) is 18.2 Å². The van der Waals surface area contributed by atoms with Crippen LogP contribution in [-0.4, -0.2) is 36.1 Å². The molecule has 0 amide bonds. The maximum atomic E-state index is 6.21. The minimum atomic E-state index is -0.0869. The van der Waals surface area contributed by atoms with E-state index in [2.05, 4.69) is 29.2 Å². The molecule has 5 heteroatoms. The van der Waals surface area contributed by atoms with Crippen LogP contribution < -0.4 is 16.9 Å². The molecule has 1 aromatic carbocycles. The third-order valence-electron chi connectivity index (χ3n) is 3.55. The van der Waals surface area contributed by atoms with Crippen LogP contribution in [0.25, 0.3) is 0 Å². The molecular formula is C13H23N5. The van der Waals surface area contributed by atoms with E-state index in [9.17, 15) is 0 Å². The second-order valence-corrected chi connectivity index (χ2v) is 4.62. The Labute approximate surface area is 109 Å². The first-order chi connectivity index (χ1) is 8.65. The summed E-state index contributed by atoms with van der Waals surface area (Å²) < 4.78 is 0. The average molecular weight is 249 g/mol. The average Bonchev–Trinajstić information content (AvgIpc) is 2.67. The second-order valence-electron chi connectivity index (χ2n) is 4.62. The fourth-order valence-electron chi connectivity index (χ4n) is 2.30. The monoisotopic (exact) mass is 249 g/mol. The zero-order valence-corrected chi connectivity index (χ0v) is 11.2. The van der Waals surface area contributed by atoms with E-state index in [0.29, 0.717) is 0 Å². The van der Waals surface area contributed by atoms with Gasteiger partial charge in [0.15, 0.2) is 0 Å². The van der Waals surface area contributed by atoms with Crippen LogP contribution in [0.5, 0.6) is 0 Å². The number of nitrogen functional groups attached to an aromatic ring is 1. The number of nitrogens with two attached hydrogens (primary N) is 2. The summed E-state index contributed by atoms with van der Waals surface area (Å²) in [7, 11) is 0. The van der Waals surface area contributed by atoms with Crippen LogP contribution in [0.3, 0.4) is 0 Å². The van der Waals surface area contributed by atoms with Crippen molar-refractivity contribution >= 4 is 11.4 Å². The van der Waals surface area contributed by atoms with Gasteiger partial charge in [-0.25, -0.2) is 5.01 Å². The molecular weight excluding hydrogens is 226 g/mol. The molecule has 0 saturated carbocycles. The maximum Gasteiger partial charge on any atom is 0.103 e. The number of likely N-dealkylation sites (N-methyl/N-ethyl adjacent to an activating group) is 1. The van der Waals surface area contributed by atoms with Crippen molar-refractivity contribution in [3.63, 3.8) is 0 Å². The topological polar surface area (TPSA) is 70.5 Å². The summed E-state index contributed by atoms with van der Waals surface area (Å²) in [6.45, 7) is 8.40. The number of hydrogen-bond donors (Lipinski definition) is 3. The quantitative estimate of drug-likeness (QED) is 0.684. The number of nitrogens with one attached hydrogen (secondary N) is 1. The molecule has 0 radical (unpaired) electrons. The molecule has 0 saturated heterocycles. The van der Waals surface area contributed by atoms with Crippen LogP contribution in [0.2, 0.25) is 0 Å². The summed E-state index contributed by atoms with van der Waals surface area (Å²) in [5, 5.41) is 2.07. The van der Waals surface area contributed by atoms with Gasteiger partial charge in [-0.15, -0.1) is 0 Å². The minimum Gasteiger partial charge on any atom is -0.399 e. The molecule has 1 aliphatic heterocycles. The highest BCUT2D eigenvalue weighted by atomic mass is 15.6. The molecule has 0 bridgehead atoms. The van der Waals surface area contributed by atoms with Gasteiger partial charge in [0.1, 0.15) is 6.17 Å². The van der Waals surface area contributed by atoms with Gasteiger partial charge < -0.3 is 21.8 Å². The van der Waals surface area contributed by atoms with E-state index >= 15 is 0 Å². The Morgan fingerprint density at radius 1 is 1.33 bits per heavy atom. The van der Waals surface area contributed by atoms with Gasteiger partial charge in [0.2, 0.25) is 0 Å².